The average molecular weight is 329 g/mol. The highest BCUT2D eigenvalue weighted by molar-refractivity contribution is 6.35. The van der Waals surface area contributed by atoms with Gasteiger partial charge in [-0.2, -0.15) is 0 Å². The SMILES string of the molecule is CNCC(O)C(c1ccccc1)n1cc(C)c2cccc(Cl)c21. The molecule has 2 atom stereocenters. The number of aryl methyl sites for hydroxylation is 1. The lowest BCUT2D eigenvalue weighted by molar-refractivity contribution is 0.132. The van der Waals surface area contributed by atoms with E-state index in [2.05, 4.69) is 29.1 Å². The van der Waals surface area contributed by atoms with Crippen molar-refractivity contribution < 1.29 is 5.11 Å². The molecule has 0 radical (unpaired) electrons. The molecule has 3 nitrogen and oxygen atoms in total. The number of likely N-dealkylation sites (N-methyl/N-ethyl adjacent to an activating group) is 1. The topological polar surface area (TPSA) is 37.2 Å². The van der Waals surface area contributed by atoms with Crippen LogP contribution in [0.5, 0.6) is 0 Å². The Balaban J connectivity index is 2.22. The summed E-state index contributed by atoms with van der Waals surface area (Å²) >= 11 is 6.47. The van der Waals surface area contributed by atoms with Crippen molar-refractivity contribution in [3.63, 3.8) is 0 Å². The highest BCUT2D eigenvalue weighted by atomic mass is 35.5. The van der Waals surface area contributed by atoms with Crippen LogP contribution in [0.4, 0.5) is 0 Å². The van der Waals surface area contributed by atoms with E-state index in [9.17, 15) is 5.11 Å². The summed E-state index contributed by atoms with van der Waals surface area (Å²) in [6.45, 7) is 2.57. The first kappa shape index (κ1) is 16.1. The molecule has 0 fully saturated rings. The van der Waals surface area contributed by atoms with Crippen LogP contribution in [-0.2, 0) is 0 Å². The number of hydrogen-bond donors (Lipinski definition) is 2. The van der Waals surface area contributed by atoms with Crippen molar-refractivity contribution in [3.8, 4) is 0 Å². The minimum atomic E-state index is -0.561. The Morgan fingerprint density at radius 3 is 2.57 bits per heavy atom. The first-order chi connectivity index (χ1) is 11.1. The molecule has 1 aromatic heterocycles. The van der Waals surface area contributed by atoms with Gasteiger partial charge in [-0.1, -0.05) is 54.1 Å². The van der Waals surface area contributed by atoms with Gasteiger partial charge in [0.15, 0.2) is 0 Å². The molecule has 0 saturated heterocycles. The summed E-state index contributed by atoms with van der Waals surface area (Å²) in [6, 6.07) is 15.8. The molecular weight excluding hydrogens is 308 g/mol. The maximum Gasteiger partial charge on any atom is 0.0912 e. The Bertz CT molecular complexity index is 798. The standard InChI is InChI=1S/C19H21ClN2O/c1-13-12-22(19-15(13)9-6-10-16(19)20)18(17(23)11-21-2)14-7-4-3-5-8-14/h3-10,12,17-18,21,23H,11H2,1-2H3. The molecule has 0 bridgehead atoms. The molecule has 3 aromatic rings. The van der Waals surface area contributed by atoms with E-state index in [1.807, 2.05) is 49.5 Å². The third kappa shape index (κ3) is 3.00. The van der Waals surface area contributed by atoms with Gasteiger partial charge in [0, 0.05) is 18.1 Å². The van der Waals surface area contributed by atoms with E-state index in [1.165, 1.54) is 0 Å². The lowest BCUT2D eigenvalue weighted by Gasteiger charge is -2.26. The van der Waals surface area contributed by atoms with Crippen LogP contribution in [0.1, 0.15) is 17.2 Å². The van der Waals surface area contributed by atoms with Gasteiger partial charge in [-0.25, -0.2) is 0 Å². The predicted octanol–water partition coefficient (Wildman–Crippen LogP) is 3.77. The van der Waals surface area contributed by atoms with Gasteiger partial charge in [0.1, 0.15) is 0 Å². The quantitative estimate of drug-likeness (QED) is 0.748. The third-order valence-corrected chi connectivity index (χ3v) is 4.53. The van der Waals surface area contributed by atoms with Crippen LogP contribution >= 0.6 is 11.6 Å². The number of nitrogens with one attached hydrogen (secondary N) is 1. The van der Waals surface area contributed by atoms with Crippen LogP contribution in [0.25, 0.3) is 10.9 Å². The van der Waals surface area contributed by atoms with Gasteiger partial charge >= 0.3 is 0 Å². The number of aliphatic hydroxyl groups is 1. The van der Waals surface area contributed by atoms with Crippen LogP contribution in [-0.4, -0.2) is 29.4 Å². The number of aromatic nitrogens is 1. The molecule has 0 amide bonds. The van der Waals surface area contributed by atoms with Crippen molar-refractivity contribution in [2.24, 2.45) is 0 Å². The summed E-state index contributed by atoms with van der Waals surface area (Å²) in [5.74, 6) is 0. The number of benzene rings is 2. The van der Waals surface area contributed by atoms with Crippen molar-refractivity contribution in [3.05, 3.63) is 70.9 Å². The minimum Gasteiger partial charge on any atom is -0.389 e. The first-order valence-electron chi connectivity index (χ1n) is 7.76. The molecule has 0 spiro atoms. The number of hydrogen-bond acceptors (Lipinski definition) is 2. The number of halogens is 1. The fraction of sp³-hybridized carbons (Fsp3) is 0.263. The Hall–Kier alpha value is -1.81. The van der Waals surface area contributed by atoms with Crippen molar-refractivity contribution in [2.75, 3.05) is 13.6 Å². The molecule has 1 heterocycles. The van der Waals surface area contributed by atoms with Gasteiger partial charge in [-0.05, 0) is 31.2 Å². The maximum absolute atomic E-state index is 10.7. The van der Waals surface area contributed by atoms with Gasteiger partial charge < -0.3 is 15.0 Å². The molecule has 2 aromatic carbocycles. The summed E-state index contributed by atoms with van der Waals surface area (Å²) in [7, 11) is 1.84. The Morgan fingerprint density at radius 2 is 1.87 bits per heavy atom. The number of nitrogens with zero attached hydrogens (tertiary/aromatic N) is 1. The van der Waals surface area contributed by atoms with Gasteiger partial charge in [0.25, 0.3) is 0 Å². The van der Waals surface area contributed by atoms with Gasteiger partial charge in [0.05, 0.1) is 22.7 Å². The molecule has 0 aliphatic rings. The van der Waals surface area contributed by atoms with E-state index in [0.717, 1.165) is 22.0 Å². The van der Waals surface area contributed by atoms with Gasteiger partial charge in [-0.15, -0.1) is 0 Å². The Kier molecular flexibility index (Phi) is 4.71. The molecule has 0 aliphatic carbocycles. The van der Waals surface area contributed by atoms with Crippen LogP contribution < -0.4 is 5.32 Å². The average Bonchev–Trinajstić information content (AvgIpc) is 2.87. The van der Waals surface area contributed by atoms with Crippen molar-refractivity contribution in [2.45, 2.75) is 19.1 Å². The zero-order valence-corrected chi connectivity index (χ0v) is 14.1. The van der Waals surface area contributed by atoms with E-state index >= 15 is 0 Å². The monoisotopic (exact) mass is 328 g/mol. The second-order valence-electron chi connectivity index (χ2n) is 5.84. The van der Waals surface area contributed by atoms with E-state index in [1.54, 1.807) is 0 Å². The molecule has 4 heteroatoms. The molecular formula is C19H21ClN2O. The highest BCUT2D eigenvalue weighted by Gasteiger charge is 2.25. The predicted molar refractivity (Wildman–Crippen MR) is 96.2 cm³/mol. The molecule has 0 saturated carbocycles. The summed E-state index contributed by atoms with van der Waals surface area (Å²) in [6.07, 6.45) is 1.52. The van der Waals surface area contributed by atoms with Crippen LogP contribution in [0, 0.1) is 6.92 Å². The van der Waals surface area contributed by atoms with Crippen LogP contribution in [0.2, 0.25) is 5.02 Å². The largest absolute Gasteiger partial charge is 0.389 e. The normalized spacial score (nSPS) is 14.1. The maximum atomic E-state index is 10.7. The summed E-state index contributed by atoms with van der Waals surface area (Å²) in [5.41, 5.74) is 3.18. The number of para-hydroxylation sites is 1. The Morgan fingerprint density at radius 1 is 1.13 bits per heavy atom. The number of rotatable bonds is 5. The zero-order chi connectivity index (χ0) is 16.4. The first-order valence-corrected chi connectivity index (χ1v) is 8.14. The lowest BCUT2D eigenvalue weighted by Crippen LogP contribution is -2.33. The van der Waals surface area contributed by atoms with Crippen molar-refractivity contribution in [1.82, 2.24) is 9.88 Å². The van der Waals surface area contributed by atoms with E-state index in [-0.39, 0.29) is 6.04 Å². The second-order valence-corrected chi connectivity index (χ2v) is 6.24. The summed E-state index contributed by atoms with van der Waals surface area (Å²) in [4.78, 5) is 0. The smallest absolute Gasteiger partial charge is 0.0912 e. The summed E-state index contributed by atoms with van der Waals surface area (Å²) in [5, 5.41) is 15.6. The van der Waals surface area contributed by atoms with E-state index < -0.39 is 6.10 Å². The molecule has 2 unspecified atom stereocenters. The fourth-order valence-corrected chi connectivity index (χ4v) is 3.47. The molecule has 3 rings (SSSR count). The molecule has 23 heavy (non-hydrogen) atoms. The van der Waals surface area contributed by atoms with E-state index in [4.69, 9.17) is 11.6 Å². The molecule has 120 valence electrons. The van der Waals surface area contributed by atoms with Crippen LogP contribution in [0.3, 0.4) is 0 Å². The van der Waals surface area contributed by atoms with E-state index in [0.29, 0.717) is 11.6 Å². The number of aliphatic hydroxyl groups excluding tert-OH is 1. The fourth-order valence-electron chi connectivity index (χ4n) is 3.20. The second kappa shape index (κ2) is 6.75. The number of fused-ring (bicyclic) bond motifs is 1. The van der Waals surface area contributed by atoms with Crippen LogP contribution in [0.15, 0.2) is 54.7 Å². The minimum absolute atomic E-state index is 0.195. The highest BCUT2D eigenvalue weighted by Crippen LogP contribution is 2.33. The van der Waals surface area contributed by atoms with Gasteiger partial charge in [0.2, 0.25) is 0 Å². The van der Waals surface area contributed by atoms with Crippen molar-refractivity contribution >= 4 is 22.5 Å². The summed E-state index contributed by atoms with van der Waals surface area (Å²) < 4.78 is 2.10. The molecule has 2 N–H and O–H groups in total. The zero-order valence-electron chi connectivity index (χ0n) is 13.3. The Labute approximate surface area is 141 Å². The lowest BCUT2D eigenvalue weighted by atomic mass is 10.0. The van der Waals surface area contributed by atoms with Gasteiger partial charge in [-0.3, -0.25) is 0 Å². The molecule has 0 aliphatic heterocycles. The third-order valence-electron chi connectivity index (χ3n) is 4.22. The van der Waals surface area contributed by atoms with Crippen molar-refractivity contribution in [1.29, 1.82) is 0 Å².